The van der Waals surface area contributed by atoms with Gasteiger partial charge in [-0.2, -0.15) is 0 Å². The summed E-state index contributed by atoms with van der Waals surface area (Å²) in [6.45, 7) is 9.18. The lowest BCUT2D eigenvalue weighted by molar-refractivity contribution is 0.0132. The van der Waals surface area contributed by atoms with Gasteiger partial charge in [0.05, 0.1) is 26.4 Å². The number of hydrogen-bond donors (Lipinski definition) is 0. The van der Waals surface area contributed by atoms with Crippen LogP contribution in [0.15, 0.2) is 0 Å². The lowest BCUT2D eigenvalue weighted by Gasteiger charge is -2.07. The van der Waals surface area contributed by atoms with Crippen molar-refractivity contribution in [1.82, 2.24) is 0 Å². The van der Waals surface area contributed by atoms with Gasteiger partial charge in [0.15, 0.2) is 0 Å². The van der Waals surface area contributed by atoms with Crippen molar-refractivity contribution >= 4 is 0 Å². The first-order valence-corrected chi connectivity index (χ1v) is 17.1. The van der Waals surface area contributed by atoms with E-state index >= 15 is 0 Å². The van der Waals surface area contributed by atoms with Crippen LogP contribution in [0.1, 0.15) is 181 Å². The van der Waals surface area contributed by atoms with E-state index in [0.29, 0.717) is 13.2 Å². The second kappa shape index (κ2) is 35.9. The smallest absolute Gasteiger partial charge is 0.0701 e. The molecule has 224 valence electrons. The first kappa shape index (κ1) is 36.9. The molecule has 0 atom stereocenters. The molecule has 0 rings (SSSR count). The predicted octanol–water partition coefficient (Wildman–Crippen LogP) is 11.2. The molecule has 0 fully saturated rings. The molecular formula is C34H70O3. The van der Waals surface area contributed by atoms with Crippen molar-refractivity contribution in [3.05, 3.63) is 0 Å². The molecule has 0 heterocycles. The van der Waals surface area contributed by atoms with Gasteiger partial charge in [-0.05, 0) is 12.8 Å². The molecular weight excluding hydrogens is 456 g/mol. The Morgan fingerprint density at radius 1 is 0.216 bits per heavy atom. The van der Waals surface area contributed by atoms with Gasteiger partial charge in [-0.1, -0.05) is 168 Å². The summed E-state index contributed by atoms with van der Waals surface area (Å²) < 4.78 is 17.0. The minimum Gasteiger partial charge on any atom is -0.379 e. The van der Waals surface area contributed by atoms with Crippen LogP contribution < -0.4 is 0 Å². The Morgan fingerprint density at radius 2 is 0.405 bits per heavy atom. The molecule has 0 unspecified atom stereocenters. The predicted molar refractivity (Wildman–Crippen MR) is 164 cm³/mol. The Kier molecular flexibility index (Phi) is 35.8. The van der Waals surface area contributed by atoms with Gasteiger partial charge in [-0.15, -0.1) is 0 Å². The van der Waals surface area contributed by atoms with Crippen molar-refractivity contribution in [2.75, 3.05) is 39.6 Å². The molecule has 0 bridgehead atoms. The summed E-state index contributed by atoms with van der Waals surface area (Å²) in [5, 5.41) is 0. The SMILES string of the molecule is CCCCCCCCCCCCCCCCCCOCCOCCOCCCCCCCCCCCC. The Bertz CT molecular complexity index is 340. The van der Waals surface area contributed by atoms with E-state index in [4.69, 9.17) is 14.2 Å². The molecule has 0 aromatic carbocycles. The van der Waals surface area contributed by atoms with Crippen molar-refractivity contribution < 1.29 is 14.2 Å². The second-order valence-electron chi connectivity index (χ2n) is 11.3. The van der Waals surface area contributed by atoms with E-state index in [2.05, 4.69) is 13.8 Å². The van der Waals surface area contributed by atoms with Crippen molar-refractivity contribution in [2.24, 2.45) is 0 Å². The first-order valence-electron chi connectivity index (χ1n) is 17.1. The topological polar surface area (TPSA) is 27.7 Å². The van der Waals surface area contributed by atoms with Gasteiger partial charge in [0.2, 0.25) is 0 Å². The van der Waals surface area contributed by atoms with Crippen LogP contribution in [0, 0.1) is 0 Å². The van der Waals surface area contributed by atoms with Gasteiger partial charge in [-0.25, -0.2) is 0 Å². The molecule has 0 aliphatic carbocycles. The fourth-order valence-electron chi connectivity index (χ4n) is 4.99. The third-order valence-corrected chi connectivity index (χ3v) is 7.53. The van der Waals surface area contributed by atoms with Crippen molar-refractivity contribution in [1.29, 1.82) is 0 Å². The highest BCUT2D eigenvalue weighted by Gasteiger charge is 1.97. The largest absolute Gasteiger partial charge is 0.379 e. The lowest BCUT2D eigenvalue weighted by atomic mass is 10.0. The average molecular weight is 527 g/mol. The van der Waals surface area contributed by atoms with Gasteiger partial charge in [0.1, 0.15) is 0 Å². The Labute approximate surface area is 234 Å². The zero-order valence-corrected chi connectivity index (χ0v) is 25.9. The minimum atomic E-state index is 0.695. The quantitative estimate of drug-likeness (QED) is 0.0780. The summed E-state index contributed by atoms with van der Waals surface area (Å²) in [6, 6.07) is 0. The van der Waals surface area contributed by atoms with Gasteiger partial charge >= 0.3 is 0 Å². The summed E-state index contributed by atoms with van der Waals surface area (Å²) >= 11 is 0. The highest BCUT2D eigenvalue weighted by molar-refractivity contribution is 4.50. The van der Waals surface area contributed by atoms with E-state index in [1.165, 1.54) is 167 Å². The maximum Gasteiger partial charge on any atom is 0.0701 e. The van der Waals surface area contributed by atoms with Gasteiger partial charge < -0.3 is 14.2 Å². The first-order chi connectivity index (χ1) is 18.4. The molecule has 0 aromatic rings. The molecule has 3 nitrogen and oxygen atoms in total. The van der Waals surface area contributed by atoms with Gasteiger partial charge in [0, 0.05) is 13.2 Å². The van der Waals surface area contributed by atoms with E-state index in [0.717, 1.165) is 26.4 Å². The number of rotatable bonds is 34. The van der Waals surface area contributed by atoms with E-state index in [1.807, 2.05) is 0 Å². The van der Waals surface area contributed by atoms with Crippen LogP contribution in [-0.4, -0.2) is 39.6 Å². The molecule has 0 saturated carbocycles. The summed E-state index contributed by atoms with van der Waals surface area (Å²) in [6.07, 6.45) is 36.3. The highest BCUT2D eigenvalue weighted by atomic mass is 16.5. The van der Waals surface area contributed by atoms with Crippen LogP contribution in [0.2, 0.25) is 0 Å². The summed E-state index contributed by atoms with van der Waals surface area (Å²) in [5.41, 5.74) is 0. The number of ether oxygens (including phenoxy) is 3. The number of hydrogen-bond acceptors (Lipinski definition) is 3. The summed E-state index contributed by atoms with van der Waals surface area (Å²) in [5.74, 6) is 0. The third kappa shape index (κ3) is 35.9. The lowest BCUT2D eigenvalue weighted by Crippen LogP contribution is -2.10. The van der Waals surface area contributed by atoms with Gasteiger partial charge in [0.25, 0.3) is 0 Å². The zero-order valence-electron chi connectivity index (χ0n) is 25.9. The Balaban J connectivity index is 3.00. The van der Waals surface area contributed by atoms with Crippen LogP contribution in [0.5, 0.6) is 0 Å². The van der Waals surface area contributed by atoms with Crippen LogP contribution in [0.3, 0.4) is 0 Å². The third-order valence-electron chi connectivity index (χ3n) is 7.53. The summed E-state index contributed by atoms with van der Waals surface area (Å²) in [4.78, 5) is 0. The Morgan fingerprint density at radius 3 is 0.649 bits per heavy atom. The molecule has 0 aliphatic rings. The highest BCUT2D eigenvalue weighted by Crippen LogP contribution is 2.14. The van der Waals surface area contributed by atoms with E-state index < -0.39 is 0 Å². The molecule has 3 heteroatoms. The zero-order chi connectivity index (χ0) is 26.7. The molecule has 0 aliphatic heterocycles. The molecule has 0 radical (unpaired) electrons. The number of unbranched alkanes of at least 4 members (excludes halogenated alkanes) is 24. The van der Waals surface area contributed by atoms with Crippen LogP contribution in [-0.2, 0) is 14.2 Å². The summed E-state index contributed by atoms with van der Waals surface area (Å²) in [7, 11) is 0. The Hall–Kier alpha value is -0.120. The monoisotopic (exact) mass is 527 g/mol. The van der Waals surface area contributed by atoms with Crippen molar-refractivity contribution in [3.63, 3.8) is 0 Å². The van der Waals surface area contributed by atoms with Crippen molar-refractivity contribution in [2.45, 2.75) is 181 Å². The molecule has 0 N–H and O–H groups in total. The maximum atomic E-state index is 5.71. The molecule has 0 saturated heterocycles. The van der Waals surface area contributed by atoms with Crippen LogP contribution in [0.25, 0.3) is 0 Å². The molecule has 0 spiro atoms. The standard InChI is InChI=1S/C34H70O3/c1-3-5-7-9-11-13-15-16-17-18-19-20-22-24-26-28-30-36-32-34-37-33-31-35-29-27-25-23-21-14-12-10-8-6-4-2/h3-34H2,1-2H3. The fourth-order valence-corrected chi connectivity index (χ4v) is 4.99. The normalized spacial score (nSPS) is 11.5. The van der Waals surface area contributed by atoms with Crippen LogP contribution >= 0.6 is 0 Å². The molecule has 0 aromatic heterocycles. The molecule has 37 heavy (non-hydrogen) atoms. The van der Waals surface area contributed by atoms with E-state index in [1.54, 1.807) is 0 Å². The van der Waals surface area contributed by atoms with E-state index in [-0.39, 0.29) is 0 Å². The van der Waals surface area contributed by atoms with E-state index in [9.17, 15) is 0 Å². The minimum absolute atomic E-state index is 0.695. The van der Waals surface area contributed by atoms with Gasteiger partial charge in [-0.3, -0.25) is 0 Å². The second-order valence-corrected chi connectivity index (χ2v) is 11.3. The van der Waals surface area contributed by atoms with Crippen LogP contribution in [0.4, 0.5) is 0 Å². The maximum absolute atomic E-state index is 5.71. The molecule has 0 amide bonds. The fraction of sp³-hybridized carbons (Fsp3) is 1.00. The average Bonchev–Trinajstić information content (AvgIpc) is 2.91. The van der Waals surface area contributed by atoms with Crippen molar-refractivity contribution in [3.8, 4) is 0 Å².